The summed E-state index contributed by atoms with van der Waals surface area (Å²) in [5.74, 6) is 0.137. The number of carbonyl (C=O) groups is 2. The zero-order valence-corrected chi connectivity index (χ0v) is 13.4. The fourth-order valence-corrected chi connectivity index (χ4v) is 2.23. The zero-order chi connectivity index (χ0) is 15.3. The van der Waals surface area contributed by atoms with Crippen molar-refractivity contribution in [3.05, 3.63) is 0 Å². The molecule has 6 nitrogen and oxygen atoms in total. The minimum absolute atomic E-state index is 0.0166. The Morgan fingerprint density at radius 1 is 1.10 bits per heavy atom. The summed E-state index contributed by atoms with van der Waals surface area (Å²) in [5, 5.41) is 0. The first-order valence-electron chi connectivity index (χ1n) is 7.28. The van der Waals surface area contributed by atoms with Crippen LogP contribution in [-0.2, 0) is 9.59 Å². The van der Waals surface area contributed by atoms with E-state index in [0.717, 1.165) is 32.7 Å². The number of piperazine rings is 1. The zero-order valence-electron chi connectivity index (χ0n) is 13.4. The third-order valence-corrected chi connectivity index (χ3v) is 4.03. The van der Waals surface area contributed by atoms with Gasteiger partial charge in [0, 0.05) is 40.3 Å². The summed E-state index contributed by atoms with van der Waals surface area (Å²) in [5.41, 5.74) is 0. The van der Waals surface area contributed by atoms with Crippen LogP contribution in [0.4, 0.5) is 0 Å². The molecule has 2 amide bonds. The average Bonchev–Trinajstić information content (AvgIpc) is 2.45. The van der Waals surface area contributed by atoms with Gasteiger partial charge in [0.25, 0.3) is 0 Å². The van der Waals surface area contributed by atoms with Crippen LogP contribution in [0, 0.1) is 0 Å². The number of likely N-dealkylation sites (N-methyl/N-ethyl adjacent to an activating group) is 3. The summed E-state index contributed by atoms with van der Waals surface area (Å²) in [4.78, 5) is 31.7. The van der Waals surface area contributed by atoms with Crippen molar-refractivity contribution < 1.29 is 9.59 Å². The number of nitrogens with zero attached hydrogens (tertiary/aromatic N) is 4. The van der Waals surface area contributed by atoms with Crippen molar-refractivity contribution in [3.8, 4) is 0 Å². The van der Waals surface area contributed by atoms with E-state index in [0.29, 0.717) is 0 Å². The fourth-order valence-electron chi connectivity index (χ4n) is 2.23. The maximum atomic E-state index is 12.4. The third-order valence-electron chi connectivity index (χ3n) is 4.03. The Morgan fingerprint density at radius 2 is 1.65 bits per heavy atom. The monoisotopic (exact) mass is 284 g/mol. The van der Waals surface area contributed by atoms with Crippen molar-refractivity contribution in [3.63, 3.8) is 0 Å². The van der Waals surface area contributed by atoms with Crippen molar-refractivity contribution in [2.45, 2.75) is 19.9 Å². The van der Waals surface area contributed by atoms with Crippen LogP contribution in [0.2, 0.25) is 0 Å². The first-order valence-corrected chi connectivity index (χ1v) is 7.28. The molecule has 0 spiro atoms. The molecule has 20 heavy (non-hydrogen) atoms. The lowest BCUT2D eigenvalue weighted by molar-refractivity contribution is -0.139. The van der Waals surface area contributed by atoms with Gasteiger partial charge in [-0.15, -0.1) is 0 Å². The fraction of sp³-hybridized carbons (Fsp3) is 0.857. The summed E-state index contributed by atoms with van der Waals surface area (Å²) in [6.45, 7) is 8.77. The molecule has 0 unspecified atom stereocenters. The Morgan fingerprint density at radius 3 is 2.10 bits per heavy atom. The second kappa shape index (κ2) is 7.59. The van der Waals surface area contributed by atoms with E-state index in [1.54, 1.807) is 19.0 Å². The number of amides is 2. The van der Waals surface area contributed by atoms with Crippen LogP contribution in [-0.4, -0.2) is 97.9 Å². The van der Waals surface area contributed by atoms with Crippen molar-refractivity contribution in [1.82, 2.24) is 19.6 Å². The van der Waals surface area contributed by atoms with E-state index in [2.05, 4.69) is 11.8 Å². The molecule has 0 radical (unpaired) electrons. The normalized spacial score (nSPS) is 18.2. The molecule has 6 heteroatoms. The minimum Gasteiger partial charge on any atom is -0.348 e. The largest absolute Gasteiger partial charge is 0.348 e. The lowest BCUT2D eigenvalue weighted by atomic mass is 10.2. The molecule has 1 rings (SSSR count). The molecule has 1 saturated heterocycles. The van der Waals surface area contributed by atoms with Gasteiger partial charge in [0.15, 0.2) is 0 Å². The van der Waals surface area contributed by atoms with E-state index >= 15 is 0 Å². The highest BCUT2D eigenvalue weighted by Gasteiger charge is 2.27. The predicted molar refractivity (Wildman–Crippen MR) is 79.5 cm³/mol. The lowest BCUT2D eigenvalue weighted by Gasteiger charge is -2.37. The van der Waals surface area contributed by atoms with Gasteiger partial charge in [-0.2, -0.15) is 0 Å². The molecule has 0 N–H and O–H groups in total. The molecule has 0 saturated carbocycles. The van der Waals surface area contributed by atoms with Gasteiger partial charge in [0.2, 0.25) is 11.8 Å². The van der Waals surface area contributed by atoms with Crippen LogP contribution in [0.15, 0.2) is 0 Å². The third kappa shape index (κ3) is 4.45. The van der Waals surface area contributed by atoms with Crippen LogP contribution >= 0.6 is 0 Å². The van der Waals surface area contributed by atoms with Gasteiger partial charge in [-0.3, -0.25) is 14.5 Å². The van der Waals surface area contributed by atoms with Gasteiger partial charge < -0.3 is 14.7 Å². The summed E-state index contributed by atoms with van der Waals surface area (Å²) in [6, 6.07) is -0.257. The van der Waals surface area contributed by atoms with E-state index < -0.39 is 0 Å². The molecule has 116 valence electrons. The number of rotatable bonds is 5. The first kappa shape index (κ1) is 16.9. The van der Waals surface area contributed by atoms with E-state index in [-0.39, 0.29) is 24.4 Å². The standard InChI is InChI=1S/C14H28N4O2/c1-6-17-7-9-18(10-8-17)14(20)12(2)16(5)11-13(19)15(3)4/h12H,6-11H2,1-5H3/t12-/m0/s1. The maximum Gasteiger partial charge on any atom is 0.239 e. The highest BCUT2D eigenvalue weighted by atomic mass is 16.2. The Balaban J connectivity index is 2.48. The van der Waals surface area contributed by atoms with Crippen LogP contribution in [0.25, 0.3) is 0 Å². The van der Waals surface area contributed by atoms with E-state index in [1.807, 2.05) is 23.8 Å². The molecular weight excluding hydrogens is 256 g/mol. The minimum atomic E-state index is -0.257. The topological polar surface area (TPSA) is 47.1 Å². The van der Waals surface area contributed by atoms with Crippen molar-refractivity contribution in [2.75, 3.05) is 60.4 Å². The average molecular weight is 284 g/mol. The highest BCUT2D eigenvalue weighted by Crippen LogP contribution is 2.07. The Bertz CT molecular complexity index is 338. The first-order chi connectivity index (χ1) is 9.36. The molecule has 1 fully saturated rings. The van der Waals surface area contributed by atoms with Gasteiger partial charge in [-0.05, 0) is 20.5 Å². The second-order valence-corrected chi connectivity index (χ2v) is 5.64. The molecule has 1 aliphatic rings. The van der Waals surface area contributed by atoms with Gasteiger partial charge in [0.1, 0.15) is 0 Å². The molecule has 0 aromatic rings. The van der Waals surface area contributed by atoms with Crippen LogP contribution in [0.1, 0.15) is 13.8 Å². The van der Waals surface area contributed by atoms with Crippen LogP contribution < -0.4 is 0 Å². The molecular formula is C14H28N4O2. The molecule has 0 aromatic heterocycles. The van der Waals surface area contributed by atoms with Crippen molar-refractivity contribution >= 4 is 11.8 Å². The summed E-state index contributed by atoms with van der Waals surface area (Å²) in [6.07, 6.45) is 0. The van der Waals surface area contributed by atoms with Gasteiger partial charge in [0.05, 0.1) is 12.6 Å². The van der Waals surface area contributed by atoms with Crippen molar-refractivity contribution in [2.24, 2.45) is 0 Å². The maximum absolute atomic E-state index is 12.4. The molecule has 1 atom stereocenters. The number of carbonyl (C=O) groups excluding carboxylic acids is 2. The highest BCUT2D eigenvalue weighted by molar-refractivity contribution is 5.83. The molecule has 0 bridgehead atoms. The van der Waals surface area contributed by atoms with E-state index in [1.165, 1.54) is 0 Å². The molecule has 1 aliphatic heterocycles. The van der Waals surface area contributed by atoms with Crippen LogP contribution in [0.3, 0.4) is 0 Å². The molecule has 0 aliphatic carbocycles. The quantitative estimate of drug-likeness (QED) is 0.687. The molecule has 1 heterocycles. The van der Waals surface area contributed by atoms with E-state index in [4.69, 9.17) is 0 Å². The van der Waals surface area contributed by atoms with Crippen LogP contribution in [0.5, 0.6) is 0 Å². The Labute approximate surface area is 122 Å². The summed E-state index contributed by atoms with van der Waals surface area (Å²) in [7, 11) is 5.28. The lowest BCUT2D eigenvalue weighted by Crippen LogP contribution is -2.54. The molecule has 0 aromatic carbocycles. The van der Waals surface area contributed by atoms with Crippen molar-refractivity contribution in [1.29, 1.82) is 0 Å². The summed E-state index contributed by atoms with van der Waals surface area (Å²) >= 11 is 0. The van der Waals surface area contributed by atoms with Gasteiger partial charge in [-0.25, -0.2) is 0 Å². The number of hydrogen-bond acceptors (Lipinski definition) is 4. The van der Waals surface area contributed by atoms with Gasteiger partial charge in [-0.1, -0.05) is 6.92 Å². The summed E-state index contributed by atoms with van der Waals surface area (Å²) < 4.78 is 0. The van der Waals surface area contributed by atoms with Gasteiger partial charge >= 0.3 is 0 Å². The second-order valence-electron chi connectivity index (χ2n) is 5.64. The smallest absolute Gasteiger partial charge is 0.239 e. The SMILES string of the molecule is CCN1CCN(C(=O)[C@H](C)N(C)CC(=O)N(C)C)CC1. The Hall–Kier alpha value is -1.14. The predicted octanol–water partition coefficient (Wildman–Crippen LogP) is -0.441. The Kier molecular flexibility index (Phi) is 6.42. The van der Waals surface area contributed by atoms with E-state index in [9.17, 15) is 9.59 Å². The number of hydrogen-bond donors (Lipinski definition) is 0.